The average Bonchev–Trinajstić information content (AvgIpc) is 2.26. The van der Waals surface area contributed by atoms with Gasteiger partial charge < -0.3 is 10.8 Å². The van der Waals surface area contributed by atoms with Gasteiger partial charge >= 0.3 is 0 Å². The summed E-state index contributed by atoms with van der Waals surface area (Å²) in [5, 5.41) is 9.08. The number of sulfonamides is 1. The molecule has 0 saturated heterocycles. The number of hydrogen-bond donors (Lipinski definition) is 3. The van der Waals surface area contributed by atoms with Crippen LogP contribution in [-0.2, 0) is 14.8 Å². The van der Waals surface area contributed by atoms with E-state index in [2.05, 4.69) is 4.72 Å². The first-order valence-corrected chi connectivity index (χ1v) is 6.35. The summed E-state index contributed by atoms with van der Waals surface area (Å²) < 4.78 is 25.5. The SMILES string of the molecule is Cc1ccc(S(=O)(=O)NCC(O)C(N)=O)cc1. The number of benzene rings is 1. The van der Waals surface area contributed by atoms with Crippen LogP contribution < -0.4 is 10.5 Å². The van der Waals surface area contributed by atoms with Crippen molar-refractivity contribution in [3.05, 3.63) is 29.8 Å². The molecule has 1 amide bonds. The van der Waals surface area contributed by atoms with E-state index in [9.17, 15) is 13.2 Å². The van der Waals surface area contributed by atoms with E-state index in [-0.39, 0.29) is 4.90 Å². The summed E-state index contributed by atoms with van der Waals surface area (Å²) in [5.41, 5.74) is 5.73. The van der Waals surface area contributed by atoms with Crippen LogP contribution in [0, 0.1) is 6.92 Å². The molecule has 1 atom stereocenters. The quantitative estimate of drug-likeness (QED) is 0.637. The first kappa shape index (κ1) is 13.6. The van der Waals surface area contributed by atoms with Crippen molar-refractivity contribution in [2.75, 3.05) is 6.54 Å². The Bertz CT molecular complexity index is 496. The van der Waals surface area contributed by atoms with Gasteiger partial charge in [-0.25, -0.2) is 13.1 Å². The average molecular weight is 258 g/mol. The highest BCUT2D eigenvalue weighted by atomic mass is 32.2. The number of amides is 1. The number of aliphatic hydroxyl groups excluding tert-OH is 1. The highest BCUT2D eigenvalue weighted by Gasteiger charge is 2.17. The molecular formula is C10H14N2O4S. The maximum Gasteiger partial charge on any atom is 0.247 e. The van der Waals surface area contributed by atoms with Gasteiger partial charge in [0.2, 0.25) is 15.9 Å². The zero-order valence-corrected chi connectivity index (χ0v) is 10.1. The third-order valence-corrected chi connectivity index (χ3v) is 3.57. The Labute approximate surface area is 99.5 Å². The van der Waals surface area contributed by atoms with Crippen molar-refractivity contribution in [3.8, 4) is 0 Å². The highest BCUT2D eigenvalue weighted by molar-refractivity contribution is 7.89. The Balaban J connectivity index is 2.76. The lowest BCUT2D eigenvalue weighted by molar-refractivity contribution is -0.125. The summed E-state index contributed by atoms with van der Waals surface area (Å²) in [7, 11) is -3.72. The van der Waals surface area contributed by atoms with Crippen LogP contribution in [0.5, 0.6) is 0 Å². The fourth-order valence-corrected chi connectivity index (χ4v) is 2.13. The van der Waals surface area contributed by atoms with E-state index < -0.39 is 28.6 Å². The second-order valence-electron chi connectivity index (χ2n) is 3.58. The molecule has 0 heterocycles. The van der Waals surface area contributed by atoms with Crippen molar-refractivity contribution >= 4 is 15.9 Å². The molecule has 0 radical (unpaired) electrons. The van der Waals surface area contributed by atoms with Gasteiger partial charge in [0.25, 0.3) is 0 Å². The summed E-state index contributed by atoms with van der Waals surface area (Å²) in [6.45, 7) is 1.40. The lowest BCUT2D eigenvalue weighted by atomic mass is 10.2. The van der Waals surface area contributed by atoms with E-state index in [4.69, 9.17) is 10.8 Å². The topological polar surface area (TPSA) is 109 Å². The number of carbonyl (C=O) groups is 1. The molecule has 4 N–H and O–H groups in total. The number of nitrogens with two attached hydrogens (primary N) is 1. The van der Waals surface area contributed by atoms with Gasteiger partial charge in [0, 0.05) is 6.54 Å². The number of nitrogens with one attached hydrogen (secondary N) is 1. The molecule has 0 bridgehead atoms. The van der Waals surface area contributed by atoms with E-state index in [1.807, 2.05) is 6.92 Å². The van der Waals surface area contributed by atoms with Crippen LogP contribution in [0.25, 0.3) is 0 Å². The van der Waals surface area contributed by atoms with Gasteiger partial charge in [0.1, 0.15) is 6.10 Å². The maximum atomic E-state index is 11.7. The van der Waals surface area contributed by atoms with Crippen LogP contribution in [0.1, 0.15) is 5.56 Å². The molecule has 1 rings (SSSR count). The second-order valence-corrected chi connectivity index (χ2v) is 5.35. The number of aryl methyl sites for hydroxylation is 1. The van der Waals surface area contributed by atoms with Crippen LogP contribution in [0.2, 0.25) is 0 Å². The zero-order valence-electron chi connectivity index (χ0n) is 9.25. The Kier molecular flexibility index (Phi) is 4.22. The Morgan fingerprint density at radius 3 is 2.41 bits per heavy atom. The summed E-state index contributed by atoms with van der Waals surface area (Å²) in [5.74, 6) is -0.975. The minimum Gasteiger partial charge on any atom is -0.382 e. The summed E-state index contributed by atoms with van der Waals surface area (Å²) >= 11 is 0. The first-order valence-electron chi connectivity index (χ1n) is 4.86. The molecule has 1 aromatic rings. The third-order valence-electron chi connectivity index (χ3n) is 2.13. The number of primary amides is 1. The Morgan fingerprint density at radius 1 is 1.41 bits per heavy atom. The first-order chi connectivity index (χ1) is 7.83. The van der Waals surface area contributed by atoms with Crippen molar-refractivity contribution < 1.29 is 18.3 Å². The van der Waals surface area contributed by atoms with E-state index in [1.165, 1.54) is 12.1 Å². The minimum absolute atomic E-state index is 0.0692. The van der Waals surface area contributed by atoms with Gasteiger partial charge in [-0.05, 0) is 19.1 Å². The lowest BCUT2D eigenvalue weighted by Crippen LogP contribution is -2.39. The molecule has 17 heavy (non-hydrogen) atoms. The maximum absolute atomic E-state index is 11.7. The predicted octanol–water partition coefficient (Wildman–Crippen LogP) is -0.880. The largest absolute Gasteiger partial charge is 0.382 e. The van der Waals surface area contributed by atoms with Crippen LogP contribution in [0.15, 0.2) is 29.2 Å². The van der Waals surface area contributed by atoms with Crippen LogP contribution in [0.3, 0.4) is 0 Å². The molecule has 0 spiro atoms. The molecule has 94 valence electrons. The zero-order chi connectivity index (χ0) is 13.1. The van der Waals surface area contributed by atoms with Crippen LogP contribution in [0.4, 0.5) is 0 Å². The molecule has 7 heteroatoms. The van der Waals surface area contributed by atoms with Gasteiger partial charge in [0.05, 0.1) is 4.90 Å². The van der Waals surface area contributed by atoms with Crippen molar-refractivity contribution in [2.24, 2.45) is 5.73 Å². The van der Waals surface area contributed by atoms with Crippen molar-refractivity contribution in [1.29, 1.82) is 0 Å². The van der Waals surface area contributed by atoms with E-state index >= 15 is 0 Å². The van der Waals surface area contributed by atoms with E-state index in [1.54, 1.807) is 12.1 Å². The standard InChI is InChI=1S/C10H14N2O4S/c1-7-2-4-8(5-3-7)17(15,16)12-6-9(13)10(11)14/h2-5,9,12-13H,6H2,1H3,(H2,11,14). The van der Waals surface area contributed by atoms with Crippen LogP contribution >= 0.6 is 0 Å². The molecule has 0 aliphatic heterocycles. The van der Waals surface area contributed by atoms with Gasteiger partial charge in [-0.3, -0.25) is 4.79 Å². The summed E-state index contributed by atoms with van der Waals surface area (Å²) in [4.78, 5) is 10.6. The normalized spacial score (nSPS) is 13.3. The molecule has 1 unspecified atom stereocenters. The molecule has 0 aliphatic carbocycles. The van der Waals surface area contributed by atoms with E-state index in [0.717, 1.165) is 5.56 Å². The second kappa shape index (κ2) is 5.26. The monoisotopic (exact) mass is 258 g/mol. The molecule has 0 aromatic heterocycles. The Morgan fingerprint density at radius 2 is 1.94 bits per heavy atom. The molecule has 0 saturated carbocycles. The molecule has 0 fully saturated rings. The molecular weight excluding hydrogens is 244 g/mol. The highest BCUT2D eigenvalue weighted by Crippen LogP contribution is 2.09. The van der Waals surface area contributed by atoms with E-state index in [0.29, 0.717) is 0 Å². The van der Waals surface area contributed by atoms with Crippen LogP contribution in [-0.4, -0.2) is 32.1 Å². The fraction of sp³-hybridized carbons (Fsp3) is 0.300. The minimum atomic E-state index is -3.72. The molecule has 6 nitrogen and oxygen atoms in total. The van der Waals surface area contributed by atoms with Crippen molar-refractivity contribution in [3.63, 3.8) is 0 Å². The number of carbonyl (C=O) groups excluding carboxylic acids is 1. The number of hydrogen-bond acceptors (Lipinski definition) is 4. The Hall–Kier alpha value is -1.44. The van der Waals surface area contributed by atoms with Gasteiger partial charge in [-0.2, -0.15) is 0 Å². The predicted molar refractivity (Wildman–Crippen MR) is 61.6 cm³/mol. The summed E-state index contributed by atoms with van der Waals surface area (Å²) in [6, 6.07) is 6.18. The summed E-state index contributed by atoms with van der Waals surface area (Å²) in [6.07, 6.45) is -1.53. The van der Waals surface area contributed by atoms with Gasteiger partial charge in [-0.15, -0.1) is 0 Å². The number of rotatable bonds is 5. The van der Waals surface area contributed by atoms with Crippen molar-refractivity contribution in [2.45, 2.75) is 17.9 Å². The lowest BCUT2D eigenvalue weighted by Gasteiger charge is -2.09. The number of aliphatic hydroxyl groups is 1. The van der Waals surface area contributed by atoms with Crippen molar-refractivity contribution in [1.82, 2.24) is 4.72 Å². The smallest absolute Gasteiger partial charge is 0.247 e. The molecule has 0 aliphatic rings. The van der Waals surface area contributed by atoms with Gasteiger partial charge in [0.15, 0.2) is 0 Å². The fourth-order valence-electron chi connectivity index (χ4n) is 1.09. The third kappa shape index (κ3) is 3.81. The van der Waals surface area contributed by atoms with Gasteiger partial charge in [-0.1, -0.05) is 17.7 Å². The molecule has 1 aromatic carbocycles.